The molecule has 0 radical (unpaired) electrons. The largest absolute Gasteiger partial charge is 0.374 e. The molecule has 1 saturated heterocycles. The number of hydrogen-bond acceptors (Lipinski definition) is 4. The monoisotopic (exact) mass is 290 g/mol. The van der Waals surface area contributed by atoms with Gasteiger partial charge in [0, 0.05) is 31.5 Å². The fraction of sp³-hybridized carbons (Fsp3) is 0.533. The summed E-state index contributed by atoms with van der Waals surface area (Å²) in [5.74, 6) is -0.0774. The van der Waals surface area contributed by atoms with E-state index in [-0.39, 0.29) is 17.9 Å². The summed E-state index contributed by atoms with van der Waals surface area (Å²) in [5, 5.41) is 6.01. The van der Waals surface area contributed by atoms with Crippen LogP contribution in [0.25, 0.3) is 0 Å². The van der Waals surface area contributed by atoms with Crippen LogP contribution in [0.15, 0.2) is 18.3 Å². The summed E-state index contributed by atoms with van der Waals surface area (Å²) < 4.78 is 0. The van der Waals surface area contributed by atoms with Gasteiger partial charge in [-0.15, -0.1) is 0 Å². The molecule has 2 rings (SSSR count). The first-order chi connectivity index (χ1) is 10.2. The molecule has 2 N–H and O–H groups in total. The molecule has 6 heteroatoms. The van der Waals surface area contributed by atoms with Crippen molar-refractivity contribution in [2.45, 2.75) is 32.7 Å². The molecule has 0 aromatic carbocycles. The van der Waals surface area contributed by atoms with Crippen LogP contribution < -0.4 is 10.6 Å². The summed E-state index contributed by atoms with van der Waals surface area (Å²) in [4.78, 5) is 29.9. The second kappa shape index (κ2) is 7.06. The van der Waals surface area contributed by atoms with Gasteiger partial charge in [0.15, 0.2) is 0 Å². The molecule has 1 aromatic rings. The summed E-state index contributed by atoms with van der Waals surface area (Å²) in [7, 11) is 0. The Balaban J connectivity index is 2.10. The van der Waals surface area contributed by atoms with Crippen LogP contribution in [-0.4, -0.2) is 47.4 Å². The summed E-state index contributed by atoms with van der Waals surface area (Å²) in [6, 6.07) is 3.25. The number of rotatable bonds is 5. The number of anilines is 1. The molecule has 0 aliphatic carbocycles. The highest BCUT2D eigenvalue weighted by Gasteiger charge is 2.22. The number of pyridine rings is 1. The standard InChI is InChI=1S/C15H22N4O2/c1-3-19(4-2)15(21)13-10-11(7-9-16-13)18-12-6-5-8-17-14(12)20/h7,9-10,12H,3-6,8H2,1-2H3,(H,16,18)(H,17,20). The fourth-order valence-electron chi connectivity index (χ4n) is 2.42. The smallest absolute Gasteiger partial charge is 0.272 e. The Labute approximate surface area is 124 Å². The molecule has 6 nitrogen and oxygen atoms in total. The van der Waals surface area contributed by atoms with E-state index < -0.39 is 0 Å². The number of amides is 2. The lowest BCUT2D eigenvalue weighted by molar-refractivity contribution is -0.123. The second-order valence-electron chi connectivity index (χ2n) is 5.04. The average Bonchev–Trinajstić information content (AvgIpc) is 2.51. The molecule has 0 spiro atoms. The van der Waals surface area contributed by atoms with Gasteiger partial charge in [0.2, 0.25) is 5.91 Å². The van der Waals surface area contributed by atoms with Crippen molar-refractivity contribution in [2.24, 2.45) is 0 Å². The molecule has 2 amide bonds. The quantitative estimate of drug-likeness (QED) is 0.856. The summed E-state index contributed by atoms with van der Waals surface area (Å²) in [5.41, 5.74) is 1.16. The fourth-order valence-corrected chi connectivity index (χ4v) is 2.42. The van der Waals surface area contributed by atoms with E-state index in [1.54, 1.807) is 23.2 Å². The summed E-state index contributed by atoms with van der Waals surface area (Å²) in [6.07, 6.45) is 3.35. The van der Waals surface area contributed by atoms with E-state index in [9.17, 15) is 9.59 Å². The van der Waals surface area contributed by atoms with Gasteiger partial charge in [-0.3, -0.25) is 14.6 Å². The minimum Gasteiger partial charge on any atom is -0.374 e. The van der Waals surface area contributed by atoms with Gasteiger partial charge >= 0.3 is 0 Å². The highest BCUT2D eigenvalue weighted by atomic mass is 16.2. The Morgan fingerprint density at radius 3 is 2.90 bits per heavy atom. The van der Waals surface area contributed by atoms with E-state index in [4.69, 9.17) is 0 Å². The first kappa shape index (κ1) is 15.3. The minimum absolute atomic E-state index is 0.00896. The second-order valence-corrected chi connectivity index (χ2v) is 5.04. The Hall–Kier alpha value is -2.11. The Morgan fingerprint density at radius 2 is 2.24 bits per heavy atom. The van der Waals surface area contributed by atoms with Crippen molar-refractivity contribution in [1.29, 1.82) is 0 Å². The minimum atomic E-state index is -0.238. The number of nitrogens with zero attached hydrogens (tertiary/aromatic N) is 2. The van der Waals surface area contributed by atoms with Gasteiger partial charge in [-0.05, 0) is 38.8 Å². The molecule has 1 aromatic heterocycles. The SMILES string of the molecule is CCN(CC)C(=O)c1cc(NC2CCCNC2=O)ccn1. The molecular formula is C15H22N4O2. The zero-order valence-electron chi connectivity index (χ0n) is 12.6. The van der Waals surface area contributed by atoms with E-state index in [1.807, 2.05) is 13.8 Å². The zero-order valence-corrected chi connectivity index (χ0v) is 12.6. The van der Waals surface area contributed by atoms with Crippen molar-refractivity contribution in [1.82, 2.24) is 15.2 Å². The lowest BCUT2D eigenvalue weighted by Gasteiger charge is -2.24. The Bertz CT molecular complexity index is 514. The molecule has 114 valence electrons. The van der Waals surface area contributed by atoms with Crippen LogP contribution in [-0.2, 0) is 4.79 Å². The first-order valence-corrected chi connectivity index (χ1v) is 7.45. The molecular weight excluding hydrogens is 268 g/mol. The van der Waals surface area contributed by atoms with E-state index in [1.165, 1.54) is 0 Å². The van der Waals surface area contributed by atoms with Gasteiger partial charge in [0.05, 0.1) is 0 Å². The molecule has 21 heavy (non-hydrogen) atoms. The van der Waals surface area contributed by atoms with E-state index in [0.717, 1.165) is 25.1 Å². The zero-order chi connectivity index (χ0) is 15.2. The maximum Gasteiger partial charge on any atom is 0.272 e. The van der Waals surface area contributed by atoms with Crippen molar-refractivity contribution >= 4 is 17.5 Å². The number of hydrogen-bond donors (Lipinski definition) is 2. The normalized spacial score (nSPS) is 18.0. The molecule has 0 bridgehead atoms. The van der Waals surface area contributed by atoms with Gasteiger partial charge in [-0.1, -0.05) is 0 Å². The topological polar surface area (TPSA) is 74.3 Å². The number of piperidine rings is 1. The molecule has 1 atom stereocenters. The van der Waals surface area contributed by atoms with Crippen LogP contribution in [0.3, 0.4) is 0 Å². The number of aromatic nitrogens is 1. The molecule has 1 aliphatic rings. The highest BCUT2D eigenvalue weighted by Crippen LogP contribution is 2.14. The van der Waals surface area contributed by atoms with Crippen LogP contribution in [0, 0.1) is 0 Å². The molecule has 1 aliphatic heterocycles. The molecule has 2 heterocycles. The van der Waals surface area contributed by atoms with Crippen molar-refractivity contribution in [3.8, 4) is 0 Å². The number of nitrogens with one attached hydrogen (secondary N) is 2. The Kier molecular flexibility index (Phi) is 5.14. The first-order valence-electron chi connectivity index (χ1n) is 7.45. The number of carbonyl (C=O) groups is 2. The predicted octanol–water partition coefficient (Wildman–Crippen LogP) is 1.25. The van der Waals surface area contributed by atoms with Crippen LogP contribution in [0.5, 0.6) is 0 Å². The van der Waals surface area contributed by atoms with Crippen LogP contribution in [0.1, 0.15) is 37.2 Å². The van der Waals surface area contributed by atoms with Gasteiger partial charge in [-0.25, -0.2) is 0 Å². The Morgan fingerprint density at radius 1 is 1.48 bits per heavy atom. The van der Waals surface area contributed by atoms with Crippen molar-refractivity contribution < 1.29 is 9.59 Å². The van der Waals surface area contributed by atoms with Crippen LogP contribution >= 0.6 is 0 Å². The highest BCUT2D eigenvalue weighted by molar-refractivity contribution is 5.93. The molecule has 1 unspecified atom stereocenters. The number of carbonyl (C=O) groups excluding carboxylic acids is 2. The molecule has 0 saturated carbocycles. The van der Waals surface area contributed by atoms with Crippen molar-refractivity contribution in [2.75, 3.05) is 25.0 Å². The third kappa shape index (κ3) is 3.71. The van der Waals surface area contributed by atoms with Crippen LogP contribution in [0.4, 0.5) is 5.69 Å². The van der Waals surface area contributed by atoms with Crippen molar-refractivity contribution in [3.05, 3.63) is 24.0 Å². The van der Waals surface area contributed by atoms with Crippen molar-refractivity contribution in [3.63, 3.8) is 0 Å². The van der Waals surface area contributed by atoms with Gasteiger partial charge in [0.1, 0.15) is 11.7 Å². The van der Waals surface area contributed by atoms with E-state index in [0.29, 0.717) is 18.8 Å². The van der Waals surface area contributed by atoms with E-state index >= 15 is 0 Å². The van der Waals surface area contributed by atoms with Gasteiger partial charge < -0.3 is 15.5 Å². The van der Waals surface area contributed by atoms with Gasteiger partial charge in [0.25, 0.3) is 5.91 Å². The average molecular weight is 290 g/mol. The summed E-state index contributed by atoms with van der Waals surface area (Å²) in [6.45, 7) is 5.92. The third-order valence-electron chi connectivity index (χ3n) is 3.66. The maximum atomic E-state index is 12.3. The third-order valence-corrected chi connectivity index (χ3v) is 3.66. The summed E-state index contributed by atoms with van der Waals surface area (Å²) >= 11 is 0. The van der Waals surface area contributed by atoms with Crippen LogP contribution in [0.2, 0.25) is 0 Å². The van der Waals surface area contributed by atoms with E-state index in [2.05, 4.69) is 15.6 Å². The molecule has 1 fully saturated rings. The van der Waals surface area contributed by atoms with Gasteiger partial charge in [-0.2, -0.15) is 0 Å². The lowest BCUT2D eigenvalue weighted by Crippen LogP contribution is -2.44. The maximum absolute atomic E-state index is 12.3. The predicted molar refractivity (Wildman–Crippen MR) is 81.1 cm³/mol. The lowest BCUT2D eigenvalue weighted by atomic mass is 10.1.